The number of hydrogen-bond acceptors (Lipinski definition) is 2. The molecule has 0 spiro atoms. The van der Waals surface area contributed by atoms with Crippen molar-refractivity contribution >= 4 is 0 Å². The predicted octanol–water partition coefficient (Wildman–Crippen LogP) is 2.08. The summed E-state index contributed by atoms with van der Waals surface area (Å²) in [6.45, 7) is 2.05. The molecular formula is C13H16N2O. The molecule has 0 radical (unpaired) electrons. The monoisotopic (exact) mass is 216 g/mol. The van der Waals surface area contributed by atoms with Crippen molar-refractivity contribution in [2.75, 3.05) is 0 Å². The van der Waals surface area contributed by atoms with Crippen molar-refractivity contribution in [2.45, 2.75) is 45.4 Å². The minimum Gasteiger partial charge on any atom is -0.325 e. The minimum absolute atomic E-state index is 0.0251. The molecule has 1 aromatic heterocycles. The zero-order valence-corrected chi connectivity index (χ0v) is 9.60. The Morgan fingerprint density at radius 3 is 2.62 bits per heavy atom. The van der Waals surface area contributed by atoms with Gasteiger partial charge in [-0.15, -0.1) is 0 Å². The van der Waals surface area contributed by atoms with E-state index in [0.717, 1.165) is 60.9 Å². The molecule has 0 fully saturated rings. The fraction of sp³-hybridized carbons (Fsp3) is 0.538. The Labute approximate surface area is 95.1 Å². The van der Waals surface area contributed by atoms with Crippen LogP contribution in [0.15, 0.2) is 4.79 Å². The Hall–Kier alpha value is -1.56. The molecule has 0 aromatic carbocycles. The van der Waals surface area contributed by atoms with E-state index in [0.29, 0.717) is 0 Å². The first kappa shape index (κ1) is 10.9. The van der Waals surface area contributed by atoms with Gasteiger partial charge in [0.25, 0.3) is 5.56 Å². The Balaban J connectivity index is 2.63. The maximum atomic E-state index is 11.9. The highest BCUT2D eigenvalue weighted by Crippen LogP contribution is 2.23. The molecule has 3 nitrogen and oxygen atoms in total. The van der Waals surface area contributed by atoms with E-state index in [1.807, 2.05) is 0 Å². The number of nitriles is 1. The lowest BCUT2D eigenvalue weighted by Gasteiger charge is -2.17. The van der Waals surface area contributed by atoms with Crippen LogP contribution in [0, 0.1) is 11.3 Å². The number of pyridine rings is 1. The normalized spacial score (nSPS) is 14.2. The second kappa shape index (κ2) is 4.52. The summed E-state index contributed by atoms with van der Waals surface area (Å²) >= 11 is 0. The summed E-state index contributed by atoms with van der Waals surface area (Å²) in [6.07, 6.45) is 5.60. The van der Waals surface area contributed by atoms with Gasteiger partial charge in [0.15, 0.2) is 0 Å². The summed E-state index contributed by atoms with van der Waals surface area (Å²) in [6, 6.07) is 2.27. The molecule has 1 aliphatic rings. The fourth-order valence-corrected chi connectivity index (χ4v) is 2.46. The molecule has 84 valence electrons. The number of nitrogens with one attached hydrogen (secondary N) is 1. The van der Waals surface area contributed by atoms with Gasteiger partial charge >= 0.3 is 0 Å². The van der Waals surface area contributed by atoms with Gasteiger partial charge in [-0.3, -0.25) is 4.79 Å². The van der Waals surface area contributed by atoms with Crippen LogP contribution in [0.4, 0.5) is 0 Å². The van der Waals surface area contributed by atoms with Gasteiger partial charge in [0, 0.05) is 11.3 Å². The largest absolute Gasteiger partial charge is 0.325 e. The molecule has 0 amide bonds. The van der Waals surface area contributed by atoms with Crippen molar-refractivity contribution in [3.63, 3.8) is 0 Å². The smallest absolute Gasteiger partial charge is 0.251 e. The summed E-state index contributed by atoms with van der Waals surface area (Å²) in [5, 5.41) is 9.22. The van der Waals surface area contributed by atoms with Crippen molar-refractivity contribution in [2.24, 2.45) is 0 Å². The lowest BCUT2D eigenvalue weighted by molar-refractivity contribution is 0.669. The molecule has 0 saturated carbocycles. The molecule has 0 saturated heterocycles. The van der Waals surface area contributed by atoms with Gasteiger partial charge in [0.1, 0.15) is 6.07 Å². The average Bonchev–Trinajstić information content (AvgIpc) is 2.30. The molecule has 0 atom stereocenters. The van der Waals surface area contributed by atoms with Gasteiger partial charge in [-0.2, -0.15) is 5.26 Å². The second-order valence-electron chi connectivity index (χ2n) is 4.33. The summed E-state index contributed by atoms with van der Waals surface area (Å²) in [5.41, 5.74) is 3.45. The second-order valence-corrected chi connectivity index (χ2v) is 4.33. The van der Waals surface area contributed by atoms with E-state index < -0.39 is 0 Å². The Morgan fingerprint density at radius 1 is 1.31 bits per heavy atom. The van der Waals surface area contributed by atoms with Crippen LogP contribution in [-0.4, -0.2) is 4.98 Å². The van der Waals surface area contributed by atoms with Gasteiger partial charge < -0.3 is 4.98 Å². The van der Waals surface area contributed by atoms with Gasteiger partial charge in [0.2, 0.25) is 0 Å². The summed E-state index contributed by atoms with van der Waals surface area (Å²) in [4.78, 5) is 14.7. The maximum Gasteiger partial charge on any atom is 0.251 e. The maximum absolute atomic E-state index is 11.9. The SMILES string of the molecule is CCCc1[nH]c(=O)c2c(c1C#N)CCCC2. The third-order valence-corrected chi connectivity index (χ3v) is 3.22. The highest BCUT2D eigenvalue weighted by Gasteiger charge is 2.19. The molecule has 0 unspecified atom stereocenters. The summed E-state index contributed by atoms with van der Waals surface area (Å²) in [7, 11) is 0. The Bertz CT molecular complexity index is 494. The van der Waals surface area contributed by atoms with Crippen LogP contribution in [0.25, 0.3) is 0 Å². The van der Waals surface area contributed by atoms with E-state index in [-0.39, 0.29) is 5.56 Å². The highest BCUT2D eigenvalue weighted by molar-refractivity contribution is 5.46. The van der Waals surface area contributed by atoms with Crippen LogP contribution >= 0.6 is 0 Å². The number of H-pyrrole nitrogens is 1. The molecule has 0 bridgehead atoms. The number of aryl methyl sites for hydroxylation is 1. The van der Waals surface area contributed by atoms with Crippen molar-refractivity contribution < 1.29 is 0 Å². The van der Waals surface area contributed by atoms with Crippen molar-refractivity contribution in [1.82, 2.24) is 4.98 Å². The fourth-order valence-electron chi connectivity index (χ4n) is 2.46. The van der Waals surface area contributed by atoms with Crippen molar-refractivity contribution in [3.05, 3.63) is 32.7 Å². The van der Waals surface area contributed by atoms with Gasteiger partial charge in [0.05, 0.1) is 5.56 Å². The van der Waals surface area contributed by atoms with Gasteiger partial charge in [-0.1, -0.05) is 13.3 Å². The molecule has 2 rings (SSSR count). The van der Waals surface area contributed by atoms with Crippen LogP contribution in [-0.2, 0) is 19.3 Å². The Morgan fingerprint density at radius 2 is 2.00 bits per heavy atom. The topological polar surface area (TPSA) is 56.6 Å². The minimum atomic E-state index is 0.0251. The first-order chi connectivity index (χ1) is 7.77. The predicted molar refractivity (Wildman–Crippen MR) is 62.4 cm³/mol. The lowest BCUT2D eigenvalue weighted by Crippen LogP contribution is -2.22. The third kappa shape index (κ3) is 1.76. The van der Waals surface area contributed by atoms with E-state index in [4.69, 9.17) is 0 Å². The van der Waals surface area contributed by atoms with Crippen LogP contribution in [0.5, 0.6) is 0 Å². The molecule has 3 heteroatoms. The molecule has 0 aliphatic heterocycles. The number of nitrogens with zero attached hydrogens (tertiary/aromatic N) is 1. The summed E-state index contributed by atoms with van der Waals surface area (Å²) in [5.74, 6) is 0. The van der Waals surface area contributed by atoms with E-state index in [9.17, 15) is 10.1 Å². The summed E-state index contributed by atoms with van der Waals surface area (Å²) < 4.78 is 0. The molecular weight excluding hydrogens is 200 g/mol. The van der Waals surface area contributed by atoms with Crippen LogP contribution in [0.1, 0.15) is 48.6 Å². The van der Waals surface area contributed by atoms with E-state index >= 15 is 0 Å². The van der Waals surface area contributed by atoms with Crippen molar-refractivity contribution in [3.8, 4) is 6.07 Å². The van der Waals surface area contributed by atoms with E-state index in [1.54, 1.807) is 0 Å². The lowest BCUT2D eigenvalue weighted by atomic mass is 9.88. The van der Waals surface area contributed by atoms with Crippen molar-refractivity contribution in [1.29, 1.82) is 5.26 Å². The molecule has 16 heavy (non-hydrogen) atoms. The molecule has 1 aliphatic carbocycles. The highest BCUT2D eigenvalue weighted by atomic mass is 16.1. The quantitative estimate of drug-likeness (QED) is 0.822. The van der Waals surface area contributed by atoms with Crippen LogP contribution < -0.4 is 5.56 Å². The van der Waals surface area contributed by atoms with E-state index in [2.05, 4.69) is 18.0 Å². The number of aromatic amines is 1. The Kier molecular flexibility index (Phi) is 3.09. The molecule has 1 N–H and O–H groups in total. The zero-order chi connectivity index (χ0) is 11.5. The van der Waals surface area contributed by atoms with E-state index in [1.165, 1.54) is 0 Å². The number of rotatable bonds is 2. The standard InChI is InChI=1S/C13H16N2O/c1-2-5-12-11(8-14)9-6-3-4-7-10(9)13(16)15-12/h2-7H2,1H3,(H,15,16). The number of fused-ring (bicyclic) bond motifs is 1. The first-order valence-corrected chi connectivity index (χ1v) is 5.95. The molecule has 1 aromatic rings. The van der Waals surface area contributed by atoms with Crippen LogP contribution in [0.2, 0.25) is 0 Å². The average molecular weight is 216 g/mol. The molecule has 1 heterocycles. The van der Waals surface area contributed by atoms with Crippen LogP contribution in [0.3, 0.4) is 0 Å². The third-order valence-electron chi connectivity index (χ3n) is 3.22. The number of aromatic nitrogens is 1. The zero-order valence-electron chi connectivity index (χ0n) is 9.60. The van der Waals surface area contributed by atoms with Gasteiger partial charge in [-0.25, -0.2) is 0 Å². The van der Waals surface area contributed by atoms with Gasteiger partial charge in [-0.05, 0) is 37.7 Å². The first-order valence-electron chi connectivity index (χ1n) is 5.95. The number of hydrogen-bond donors (Lipinski definition) is 1.